The van der Waals surface area contributed by atoms with E-state index in [2.05, 4.69) is 10.3 Å². The lowest BCUT2D eigenvalue weighted by Crippen LogP contribution is -2.35. The highest BCUT2D eigenvalue weighted by Gasteiger charge is 2.36. The summed E-state index contributed by atoms with van der Waals surface area (Å²) < 4.78 is 71.8. The van der Waals surface area contributed by atoms with Gasteiger partial charge in [-0.1, -0.05) is 12.1 Å². The quantitative estimate of drug-likeness (QED) is 0.395. The lowest BCUT2D eigenvalue weighted by molar-refractivity contribution is -0.140. The largest absolute Gasteiger partial charge is 0.484 e. The van der Waals surface area contributed by atoms with E-state index in [1.54, 1.807) is 18.2 Å². The molecule has 0 bridgehead atoms. The fraction of sp³-hybridized carbons (Fsp3) is 0.280. The maximum atomic E-state index is 14.5. The molecule has 196 valence electrons. The number of aliphatic hydroxyl groups is 1. The molecule has 1 amide bonds. The topological polar surface area (TPSA) is 110 Å². The second-order valence-electron chi connectivity index (χ2n) is 8.23. The van der Waals surface area contributed by atoms with Crippen molar-refractivity contribution in [2.75, 3.05) is 18.5 Å². The summed E-state index contributed by atoms with van der Waals surface area (Å²) in [5, 5.41) is 11.5. The Labute approximate surface area is 207 Å². The number of aromatic amines is 1. The predicted octanol–water partition coefficient (Wildman–Crippen LogP) is 4.50. The number of para-hydroxylation sites is 2. The molecule has 0 saturated carbocycles. The van der Waals surface area contributed by atoms with Crippen LogP contribution in [-0.2, 0) is 10.9 Å². The maximum absolute atomic E-state index is 14.5. The molecular weight excluding hydrogens is 500 g/mol. The highest BCUT2D eigenvalue weighted by Crippen LogP contribution is 2.39. The third kappa shape index (κ3) is 6.46. The summed E-state index contributed by atoms with van der Waals surface area (Å²) >= 11 is 0. The normalized spacial score (nSPS) is 17.8. The molecule has 1 saturated heterocycles. The molecule has 2 aromatic carbocycles. The number of carbonyl (C=O) groups excluding carboxylic acids is 1. The predicted molar refractivity (Wildman–Crippen MR) is 123 cm³/mol. The standard InChI is InChI=1S/C25H22F4N2O6/c26-19-11-22(37-21-4-2-1-3-20(21)36-16-6-5-15(12-32)35-13-16)17(10-18(19)25(27,28)29)24(34)31-14-7-8-30-23(33)9-14/h1-4,7-11,15-16,32H,5-6,12-13H2,(H2,30,31,33,34). The number of pyridine rings is 1. The molecule has 2 unspecified atom stereocenters. The number of H-pyrrole nitrogens is 1. The zero-order chi connectivity index (χ0) is 26.6. The molecule has 1 aliphatic heterocycles. The summed E-state index contributed by atoms with van der Waals surface area (Å²) in [5.41, 5.74) is -2.80. The molecule has 4 rings (SSSR count). The summed E-state index contributed by atoms with van der Waals surface area (Å²) in [6, 6.07) is 9.37. The number of ether oxygens (including phenoxy) is 3. The zero-order valence-corrected chi connectivity index (χ0v) is 19.2. The van der Waals surface area contributed by atoms with Crippen molar-refractivity contribution in [2.24, 2.45) is 0 Å². The summed E-state index contributed by atoms with van der Waals surface area (Å²) in [5.74, 6) is -2.97. The summed E-state index contributed by atoms with van der Waals surface area (Å²) in [6.07, 6.45) is -3.39. The maximum Gasteiger partial charge on any atom is 0.419 e. The molecule has 37 heavy (non-hydrogen) atoms. The number of benzene rings is 2. The van der Waals surface area contributed by atoms with Gasteiger partial charge >= 0.3 is 6.18 Å². The van der Waals surface area contributed by atoms with Crippen molar-refractivity contribution >= 4 is 11.6 Å². The minimum atomic E-state index is -5.07. The number of aromatic nitrogens is 1. The molecule has 1 fully saturated rings. The molecule has 0 spiro atoms. The van der Waals surface area contributed by atoms with Crippen molar-refractivity contribution in [2.45, 2.75) is 31.2 Å². The van der Waals surface area contributed by atoms with Crippen LogP contribution < -0.4 is 20.3 Å². The van der Waals surface area contributed by atoms with E-state index < -0.39 is 46.4 Å². The summed E-state index contributed by atoms with van der Waals surface area (Å²) in [4.78, 5) is 26.8. The van der Waals surface area contributed by atoms with Crippen LogP contribution in [0.2, 0.25) is 0 Å². The van der Waals surface area contributed by atoms with E-state index in [0.29, 0.717) is 25.0 Å². The Hall–Kier alpha value is -3.90. The zero-order valence-electron chi connectivity index (χ0n) is 19.2. The van der Waals surface area contributed by atoms with Crippen molar-refractivity contribution in [1.82, 2.24) is 4.98 Å². The van der Waals surface area contributed by atoms with Crippen molar-refractivity contribution < 1.29 is 41.7 Å². The van der Waals surface area contributed by atoms with E-state index in [1.807, 2.05) is 0 Å². The van der Waals surface area contributed by atoms with Gasteiger partial charge < -0.3 is 29.6 Å². The molecule has 0 radical (unpaired) electrons. The number of rotatable bonds is 7. The molecule has 2 heterocycles. The van der Waals surface area contributed by atoms with Gasteiger partial charge in [-0.25, -0.2) is 4.39 Å². The van der Waals surface area contributed by atoms with E-state index in [9.17, 15) is 32.3 Å². The van der Waals surface area contributed by atoms with Gasteiger partial charge in [0.15, 0.2) is 11.5 Å². The van der Waals surface area contributed by atoms with E-state index in [0.717, 1.165) is 6.07 Å². The van der Waals surface area contributed by atoms with Gasteiger partial charge in [0.2, 0.25) is 5.56 Å². The molecule has 3 aromatic rings. The van der Waals surface area contributed by atoms with Crippen molar-refractivity contribution in [3.63, 3.8) is 0 Å². The Bertz CT molecular complexity index is 1320. The highest BCUT2D eigenvalue weighted by molar-refractivity contribution is 6.06. The summed E-state index contributed by atoms with van der Waals surface area (Å²) in [6.45, 7) is 0.0758. The smallest absolute Gasteiger partial charge is 0.419 e. The number of alkyl halides is 3. The SMILES string of the molecule is O=C(Nc1cc[nH]c(=O)c1)c1cc(C(F)(F)F)c(F)cc1Oc1ccccc1OC1CCC(CO)OC1. The highest BCUT2D eigenvalue weighted by atomic mass is 19.4. The first-order chi connectivity index (χ1) is 17.6. The van der Waals surface area contributed by atoms with E-state index in [1.165, 1.54) is 18.3 Å². The Morgan fingerprint density at radius 3 is 2.51 bits per heavy atom. The Morgan fingerprint density at radius 1 is 1.11 bits per heavy atom. The van der Waals surface area contributed by atoms with Gasteiger partial charge in [0.1, 0.15) is 17.7 Å². The van der Waals surface area contributed by atoms with Crippen LogP contribution in [0.4, 0.5) is 23.2 Å². The Morgan fingerprint density at radius 2 is 1.86 bits per heavy atom. The monoisotopic (exact) mass is 522 g/mol. The number of hydrogen-bond acceptors (Lipinski definition) is 6. The lowest BCUT2D eigenvalue weighted by Gasteiger charge is -2.29. The molecular formula is C25H22F4N2O6. The average Bonchev–Trinajstić information content (AvgIpc) is 2.85. The fourth-order valence-corrected chi connectivity index (χ4v) is 3.70. The van der Waals surface area contributed by atoms with E-state index in [4.69, 9.17) is 14.2 Å². The average molecular weight is 522 g/mol. The van der Waals surface area contributed by atoms with Gasteiger partial charge in [0.05, 0.1) is 30.4 Å². The molecule has 1 aliphatic rings. The number of carbonyl (C=O) groups is 1. The molecule has 12 heteroatoms. The minimum absolute atomic E-state index is 0.0137. The lowest BCUT2D eigenvalue weighted by atomic mass is 10.1. The van der Waals surface area contributed by atoms with Gasteiger partial charge in [-0.2, -0.15) is 13.2 Å². The van der Waals surface area contributed by atoms with Crippen LogP contribution in [0, 0.1) is 5.82 Å². The number of halogens is 4. The van der Waals surface area contributed by atoms with Crippen LogP contribution in [0.15, 0.2) is 59.5 Å². The second-order valence-corrected chi connectivity index (χ2v) is 8.23. The van der Waals surface area contributed by atoms with Gasteiger partial charge in [-0.3, -0.25) is 9.59 Å². The molecule has 1 aromatic heterocycles. The number of nitrogens with one attached hydrogen (secondary N) is 2. The van der Waals surface area contributed by atoms with Gasteiger partial charge in [-0.05, 0) is 37.1 Å². The first kappa shape index (κ1) is 26.2. The minimum Gasteiger partial charge on any atom is -0.484 e. The van der Waals surface area contributed by atoms with Crippen LogP contribution in [0.5, 0.6) is 17.2 Å². The summed E-state index contributed by atoms with van der Waals surface area (Å²) in [7, 11) is 0. The number of amides is 1. The molecule has 8 nitrogen and oxygen atoms in total. The number of hydrogen-bond donors (Lipinski definition) is 3. The van der Waals surface area contributed by atoms with Crippen LogP contribution in [0.3, 0.4) is 0 Å². The van der Waals surface area contributed by atoms with E-state index >= 15 is 0 Å². The van der Waals surface area contributed by atoms with Gasteiger partial charge in [-0.15, -0.1) is 0 Å². The molecule has 3 N–H and O–H groups in total. The number of aliphatic hydroxyl groups excluding tert-OH is 1. The fourth-order valence-electron chi connectivity index (χ4n) is 3.70. The van der Waals surface area contributed by atoms with Crippen LogP contribution in [0.1, 0.15) is 28.8 Å². The molecule has 0 aliphatic carbocycles. The molecule has 2 atom stereocenters. The first-order valence-electron chi connectivity index (χ1n) is 11.2. The number of anilines is 1. The third-order valence-electron chi connectivity index (χ3n) is 5.55. The van der Waals surface area contributed by atoms with Gasteiger partial charge in [0.25, 0.3) is 5.91 Å². The van der Waals surface area contributed by atoms with Crippen LogP contribution in [0.25, 0.3) is 0 Å². The van der Waals surface area contributed by atoms with Crippen LogP contribution >= 0.6 is 0 Å². The second kappa shape index (κ2) is 11.0. The van der Waals surface area contributed by atoms with Gasteiger partial charge in [0, 0.05) is 24.0 Å². The third-order valence-corrected chi connectivity index (χ3v) is 5.55. The van der Waals surface area contributed by atoms with Crippen molar-refractivity contribution in [3.05, 3.63) is 82.0 Å². The van der Waals surface area contributed by atoms with E-state index in [-0.39, 0.29) is 36.5 Å². The van der Waals surface area contributed by atoms with Crippen molar-refractivity contribution in [3.8, 4) is 17.2 Å². The van der Waals surface area contributed by atoms with Crippen LogP contribution in [-0.4, -0.2) is 41.4 Å². The van der Waals surface area contributed by atoms with Crippen molar-refractivity contribution in [1.29, 1.82) is 0 Å². The Balaban J connectivity index is 1.65. The Kier molecular flexibility index (Phi) is 7.79. The first-order valence-corrected chi connectivity index (χ1v) is 11.2.